The van der Waals surface area contributed by atoms with Gasteiger partial charge in [-0.25, -0.2) is 10.8 Å². The lowest BCUT2D eigenvalue weighted by molar-refractivity contribution is 0.355. The van der Waals surface area contributed by atoms with Crippen LogP contribution in [0.5, 0.6) is 11.5 Å². The monoisotopic (exact) mass is 236 g/mol. The lowest BCUT2D eigenvalue weighted by Gasteiger charge is -2.08. The van der Waals surface area contributed by atoms with E-state index in [4.69, 9.17) is 15.3 Å². The number of anilines is 1. The molecule has 2 aromatic rings. The van der Waals surface area contributed by atoms with E-state index in [1.807, 2.05) is 0 Å². The number of fused-ring (bicyclic) bond motifs is 1. The molecule has 0 aliphatic carbocycles. The Labute approximate surface area is 96.5 Å². The van der Waals surface area contributed by atoms with E-state index in [1.54, 1.807) is 12.1 Å². The maximum Gasteiger partial charge on any atom is 0.260 e. The van der Waals surface area contributed by atoms with Crippen LogP contribution in [0, 0.1) is 0 Å². The van der Waals surface area contributed by atoms with Crippen LogP contribution in [-0.4, -0.2) is 24.2 Å². The number of hydrazine groups is 1. The van der Waals surface area contributed by atoms with Crippen molar-refractivity contribution < 1.29 is 9.47 Å². The van der Waals surface area contributed by atoms with Gasteiger partial charge in [-0.1, -0.05) is 0 Å². The Morgan fingerprint density at radius 1 is 1.29 bits per heavy atom. The number of nitrogens with one attached hydrogen (secondary N) is 2. The molecule has 17 heavy (non-hydrogen) atoms. The molecule has 0 bridgehead atoms. The van der Waals surface area contributed by atoms with Gasteiger partial charge >= 0.3 is 0 Å². The number of hydrogen-bond donors (Lipinski definition) is 3. The Morgan fingerprint density at radius 2 is 1.94 bits per heavy atom. The first kappa shape index (κ1) is 11.2. The van der Waals surface area contributed by atoms with E-state index in [0.717, 1.165) is 0 Å². The molecule has 0 saturated carbocycles. The van der Waals surface area contributed by atoms with Gasteiger partial charge in [0.05, 0.1) is 25.1 Å². The minimum atomic E-state index is -0.302. The molecule has 0 unspecified atom stereocenters. The minimum Gasteiger partial charge on any atom is -0.493 e. The first-order valence-corrected chi connectivity index (χ1v) is 4.82. The van der Waals surface area contributed by atoms with Crippen molar-refractivity contribution in [1.82, 2.24) is 9.97 Å². The van der Waals surface area contributed by atoms with Crippen molar-refractivity contribution in [2.24, 2.45) is 5.84 Å². The summed E-state index contributed by atoms with van der Waals surface area (Å²) >= 11 is 0. The molecule has 0 saturated heterocycles. The van der Waals surface area contributed by atoms with E-state index in [-0.39, 0.29) is 11.5 Å². The molecule has 0 aliphatic heterocycles. The topological polar surface area (TPSA) is 102 Å². The standard InChI is InChI=1S/C10H12N4O3/c1-16-7-3-5-6(4-8(7)17-2)12-10(14-11)13-9(5)15/h3-4H,11H2,1-2H3,(H2,12,13,14,15). The summed E-state index contributed by atoms with van der Waals surface area (Å²) in [6, 6.07) is 3.19. The molecule has 2 rings (SSSR count). The molecule has 0 atom stereocenters. The third-order valence-corrected chi connectivity index (χ3v) is 2.35. The van der Waals surface area contributed by atoms with Gasteiger partial charge in [-0.2, -0.15) is 0 Å². The summed E-state index contributed by atoms with van der Waals surface area (Å²) in [4.78, 5) is 18.3. The number of nitrogen functional groups attached to an aromatic ring is 1. The van der Waals surface area contributed by atoms with Crippen LogP contribution in [0.25, 0.3) is 10.9 Å². The van der Waals surface area contributed by atoms with Crippen LogP contribution in [0.2, 0.25) is 0 Å². The first-order chi connectivity index (χ1) is 8.19. The van der Waals surface area contributed by atoms with Crippen LogP contribution in [-0.2, 0) is 0 Å². The van der Waals surface area contributed by atoms with Crippen molar-refractivity contribution in [3.63, 3.8) is 0 Å². The molecule has 90 valence electrons. The van der Waals surface area contributed by atoms with Gasteiger partial charge < -0.3 is 9.47 Å². The molecule has 1 aromatic heterocycles. The normalized spacial score (nSPS) is 10.3. The van der Waals surface area contributed by atoms with Gasteiger partial charge in [-0.15, -0.1) is 0 Å². The van der Waals surface area contributed by atoms with E-state index < -0.39 is 0 Å². The number of H-pyrrole nitrogens is 1. The average molecular weight is 236 g/mol. The van der Waals surface area contributed by atoms with Crippen molar-refractivity contribution in [2.45, 2.75) is 0 Å². The number of aromatic amines is 1. The maximum absolute atomic E-state index is 11.7. The fourth-order valence-corrected chi connectivity index (χ4v) is 1.53. The second-order valence-electron chi connectivity index (χ2n) is 3.28. The second-order valence-corrected chi connectivity index (χ2v) is 3.28. The number of methoxy groups -OCH3 is 2. The molecule has 0 aliphatic rings. The van der Waals surface area contributed by atoms with Gasteiger partial charge in [0, 0.05) is 6.07 Å². The van der Waals surface area contributed by atoms with Gasteiger partial charge in [-0.05, 0) is 6.07 Å². The Hall–Kier alpha value is -2.28. The molecule has 7 nitrogen and oxygen atoms in total. The van der Waals surface area contributed by atoms with Gasteiger partial charge in [0.15, 0.2) is 11.5 Å². The molecule has 1 aromatic carbocycles. The highest BCUT2D eigenvalue weighted by atomic mass is 16.5. The van der Waals surface area contributed by atoms with Crippen LogP contribution in [0.3, 0.4) is 0 Å². The van der Waals surface area contributed by atoms with Gasteiger partial charge in [0.25, 0.3) is 5.56 Å². The third kappa shape index (κ3) is 1.87. The van der Waals surface area contributed by atoms with Gasteiger partial charge in [0.2, 0.25) is 5.95 Å². The lowest BCUT2D eigenvalue weighted by atomic mass is 10.2. The van der Waals surface area contributed by atoms with Crippen molar-refractivity contribution in [3.8, 4) is 11.5 Å². The smallest absolute Gasteiger partial charge is 0.260 e. The number of nitrogens with zero attached hydrogens (tertiary/aromatic N) is 1. The highest BCUT2D eigenvalue weighted by molar-refractivity contribution is 5.82. The van der Waals surface area contributed by atoms with Crippen LogP contribution in [0.1, 0.15) is 0 Å². The summed E-state index contributed by atoms with van der Waals surface area (Å²) in [5.41, 5.74) is 2.46. The fraction of sp³-hybridized carbons (Fsp3) is 0.200. The molecular formula is C10H12N4O3. The SMILES string of the molecule is COc1cc2nc(NN)[nH]c(=O)c2cc1OC. The van der Waals surface area contributed by atoms with E-state index in [1.165, 1.54) is 14.2 Å². The van der Waals surface area contributed by atoms with E-state index >= 15 is 0 Å². The van der Waals surface area contributed by atoms with E-state index in [9.17, 15) is 4.79 Å². The van der Waals surface area contributed by atoms with Crippen molar-refractivity contribution in [2.75, 3.05) is 19.6 Å². The van der Waals surface area contributed by atoms with Crippen LogP contribution < -0.4 is 26.3 Å². The van der Waals surface area contributed by atoms with Crippen LogP contribution >= 0.6 is 0 Å². The first-order valence-electron chi connectivity index (χ1n) is 4.82. The number of hydrogen-bond acceptors (Lipinski definition) is 6. The Balaban J connectivity index is 2.78. The summed E-state index contributed by atoms with van der Waals surface area (Å²) < 4.78 is 10.2. The zero-order valence-electron chi connectivity index (χ0n) is 9.40. The molecule has 4 N–H and O–H groups in total. The molecule has 0 radical (unpaired) electrons. The van der Waals surface area contributed by atoms with Gasteiger partial charge in [0.1, 0.15) is 0 Å². The zero-order valence-corrected chi connectivity index (χ0v) is 9.40. The summed E-state index contributed by atoms with van der Waals surface area (Å²) in [5.74, 6) is 6.36. The van der Waals surface area contributed by atoms with E-state index in [0.29, 0.717) is 22.4 Å². The predicted octanol–water partition coefficient (Wildman–Crippen LogP) is 0.226. The van der Waals surface area contributed by atoms with Crippen LogP contribution in [0.4, 0.5) is 5.95 Å². The van der Waals surface area contributed by atoms with Crippen molar-refractivity contribution >= 4 is 16.9 Å². The molecule has 7 heteroatoms. The maximum atomic E-state index is 11.7. The van der Waals surface area contributed by atoms with Crippen molar-refractivity contribution in [1.29, 1.82) is 0 Å². The molecular weight excluding hydrogens is 224 g/mol. The predicted molar refractivity (Wildman–Crippen MR) is 63.3 cm³/mol. The number of nitrogens with two attached hydrogens (primary N) is 1. The summed E-state index contributed by atoms with van der Waals surface area (Å²) in [5, 5.41) is 0.404. The summed E-state index contributed by atoms with van der Waals surface area (Å²) in [6.45, 7) is 0. The number of benzene rings is 1. The Kier molecular flexibility index (Phi) is 2.84. The number of rotatable bonds is 3. The molecule has 1 heterocycles. The molecule has 0 fully saturated rings. The lowest BCUT2D eigenvalue weighted by Crippen LogP contribution is -2.17. The molecule has 0 spiro atoms. The quantitative estimate of drug-likeness (QED) is 0.520. The number of aromatic nitrogens is 2. The summed E-state index contributed by atoms with van der Waals surface area (Å²) in [7, 11) is 3.01. The van der Waals surface area contributed by atoms with Gasteiger partial charge in [-0.3, -0.25) is 15.2 Å². The largest absolute Gasteiger partial charge is 0.493 e. The second kappa shape index (κ2) is 4.30. The average Bonchev–Trinajstić information content (AvgIpc) is 2.36. The van der Waals surface area contributed by atoms with Crippen LogP contribution in [0.15, 0.2) is 16.9 Å². The Morgan fingerprint density at radius 3 is 2.53 bits per heavy atom. The zero-order chi connectivity index (χ0) is 12.4. The summed E-state index contributed by atoms with van der Waals surface area (Å²) in [6.07, 6.45) is 0. The number of ether oxygens (including phenoxy) is 2. The fourth-order valence-electron chi connectivity index (χ4n) is 1.53. The highest BCUT2D eigenvalue weighted by Gasteiger charge is 2.10. The highest BCUT2D eigenvalue weighted by Crippen LogP contribution is 2.29. The minimum absolute atomic E-state index is 0.190. The third-order valence-electron chi connectivity index (χ3n) is 2.35. The van der Waals surface area contributed by atoms with E-state index in [2.05, 4.69) is 15.4 Å². The molecule has 0 amide bonds. The van der Waals surface area contributed by atoms with Crippen molar-refractivity contribution in [3.05, 3.63) is 22.5 Å². The Bertz CT molecular complexity index is 608.